The molecular formula is C47H52N10O6. The van der Waals surface area contributed by atoms with Crippen LogP contribution in [0.3, 0.4) is 0 Å². The van der Waals surface area contributed by atoms with E-state index in [1.807, 2.05) is 39.8 Å². The number of nitrogens with two attached hydrogens (primary N) is 1. The minimum atomic E-state index is -1.11. The number of piperazine rings is 1. The van der Waals surface area contributed by atoms with Crippen molar-refractivity contribution in [2.75, 3.05) is 55.6 Å². The first-order valence-corrected chi connectivity index (χ1v) is 21.9. The first kappa shape index (κ1) is 41.9. The number of amides is 5. The lowest BCUT2D eigenvalue weighted by Crippen LogP contribution is -2.77. The Balaban J connectivity index is 0.815. The van der Waals surface area contributed by atoms with Crippen LogP contribution < -0.4 is 20.3 Å². The molecule has 16 heteroatoms. The van der Waals surface area contributed by atoms with E-state index in [1.165, 1.54) is 17.3 Å². The maximum atomic E-state index is 14.5. The number of imide groups is 2. The molecule has 4 aliphatic heterocycles. The molecule has 9 rings (SSSR count). The Morgan fingerprint density at radius 3 is 2.22 bits per heavy atom. The summed E-state index contributed by atoms with van der Waals surface area (Å²) in [6.07, 6.45) is 7.42. The van der Waals surface area contributed by atoms with E-state index in [0.717, 1.165) is 75.7 Å². The van der Waals surface area contributed by atoms with Crippen LogP contribution in [0.4, 0.5) is 11.6 Å². The average Bonchev–Trinajstić information content (AvgIpc) is 3.53. The number of primary amides is 1. The van der Waals surface area contributed by atoms with Gasteiger partial charge in [0.05, 0.1) is 33.8 Å². The smallest absolute Gasteiger partial charge is 0.262 e. The van der Waals surface area contributed by atoms with Gasteiger partial charge < -0.3 is 20.3 Å². The zero-order chi connectivity index (χ0) is 44.4. The molecule has 0 spiro atoms. The number of pyridine rings is 1. The van der Waals surface area contributed by atoms with Crippen molar-refractivity contribution in [2.24, 2.45) is 22.5 Å². The van der Waals surface area contributed by atoms with Gasteiger partial charge in [0.2, 0.25) is 11.9 Å². The van der Waals surface area contributed by atoms with Gasteiger partial charge in [0.15, 0.2) is 0 Å². The lowest BCUT2D eigenvalue weighted by molar-refractivity contribution is -0.215. The number of likely N-dealkylation sites (tertiary alicyclic amines) is 1. The highest BCUT2D eigenvalue weighted by molar-refractivity contribution is 6.23. The van der Waals surface area contributed by atoms with Crippen LogP contribution in [0, 0.1) is 28.1 Å². The Hall–Kier alpha value is -6.47. The number of carbonyl (C=O) groups excluding carboxylic acids is 5. The van der Waals surface area contributed by atoms with Crippen molar-refractivity contribution < 1.29 is 28.7 Å². The lowest BCUT2D eigenvalue weighted by atomic mass is 9.48. The summed E-state index contributed by atoms with van der Waals surface area (Å²) in [6.45, 7) is 13.9. The summed E-state index contributed by atoms with van der Waals surface area (Å²) in [7, 11) is 0. The van der Waals surface area contributed by atoms with E-state index in [-0.39, 0.29) is 29.9 Å². The van der Waals surface area contributed by atoms with Gasteiger partial charge in [-0.15, -0.1) is 0 Å². The molecule has 326 valence electrons. The number of ether oxygens (including phenoxy) is 1. The number of hydrogen-bond donors (Lipinski definition) is 1. The average molecular weight is 853 g/mol. The Labute approximate surface area is 366 Å². The van der Waals surface area contributed by atoms with Crippen LogP contribution in [0.15, 0.2) is 61.1 Å². The van der Waals surface area contributed by atoms with E-state index in [2.05, 4.69) is 35.7 Å². The number of fused-ring (bicyclic) bond motifs is 2. The molecule has 4 fully saturated rings. The molecule has 2 aromatic carbocycles. The van der Waals surface area contributed by atoms with Gasteiger partial charge >= 0.3 is 0 Å². The SMILES string of the molecule is CC1(C)C(Oc2ccc(C#N)c3ncccc23)C(C)(C)C1N1C(=O)CCC(N2C(=O)c3ccc(N4CCN(CCC5CCN(c6ncc(C(N)=O)cn6)CC5)CC4)cc3C2=O)C1=O. The molecule has 3 saturated heterocycles. The number of aromatic nitrogens is 3. The highest BCUT2D eigenvalue weighted by Crippen LogP contribution is 2.59. The Kier molecular flexibility index (Phi) is 10.6. The largest absolute Gasteiger partial charge is 0.488 e. The van der Waals surface area contributed by atoms with E-state index in [4.69, 9.17) is 10.5 Å². The molecule has 4 aromatic rings. The van der Waals surface area contributed by atoms with Gasteiger partial charge in [0.1, 0.15) is 24.0 Å². The molecule has 1 unspecified atom stereocenters. The summed E-state index contributed by atoms with van der Waals surface area (Å²) in [5, 5.41) is 10.3. The fourth-order valence-electron chi connectivity index (χ4n) is 11.2. The summed E-state index contributed by atoms with van der Waals surface area (Å²) in [5.41, 5.74) is 6.57. The number of rotatable bonds is 10. The number of piperidine rings is 2. The molecular weight excluding hydrogens is 801 g/mol. The number of nitrogens with zero attached hydrogens (tertiary/aromatic N) is 9. The predicted octanol–water partition coefficient (Wildman–Crippen LogP) is 4.42. The number of hydrogen-bond acceptors (Lipinski definition) is 13. The number of nitriles is 1. The van der Waals surface area contributed by atoms with Gasteiger partial charge in [-0.3, -0.25) is 43.7 Å². The third kappa shape index (κ3) is 7.21. The van der Waals surface area contributed by atoms with Gasteiger partial charge in [0, 0.05) is 86.2 Å². The number of carbonyl (C=O) groups is 5. The van der Waals surface area contributed by atoms with Gasteiger partial charge in [-0.05, 0) is 80.6 Å². The minimum Gasteiger partial charge on any atom is -0.488 e. The van der Waals surface area contributed by atoms with Crippen LogP contribution in [-0.2, 0) is 9.59 Å². The molecule has 63 heavy (non-hydrogen) atoms. The minimum absolute atomic E-state index is 0.0155. The van der Waals surface area contributed by atoms with Gasteiger partial charge in [-0.25, -0.2) is 9.97 Å². The van der Waals surface area contributed by atoms with Crippen molar-refractivity contribution >= 4 is 52.1 Å². The fraction of sp³-hybridized carbons (Fsp3) is 0.468. The molecule has 1 atom stereocenters. The van der Waals surface area contributed by atoms with E-state index in [9.17, 15) is 29.2 Å². The van der Waals surface area contributed by atoms with E-state index in [1.54, 1.807) is 36.5 Å². The molecule has 0 radical (unpaired) electrons. The Bertz CT molecular complexity index is 2540. The molecule has 16 nitrogen and oxygen atoms in total. The van der Waals surface area contributed by atoms with Crippen molar-refractivity contribution in [3.63, 3.8) is 0 Å². The van der Waals surface area contributed by atoms with Crippen LogP contribution in [-0.4, -0.2) is 123 Å². The summed E-state index contributed by atoms with van der Waals surface area (Å²) in [5.74, 6) is -0.683. The summed E-state index contributed by atoms with van der Waals surface area (Å²) < 4.78 is 6.68. The summed E-state index contributed by atoms with van der Waals surface area (Å²) in [4.78, 5) is 90.1. The summed E-state index contributed by atoms with van der Waals surface area (Å²) in [6, 6.07) is 12.9. The standard InChI is InChI=1S/C47H52N10O6/c1-46(2)43(47(3,4)44(46)63-36-11-7-29(25-48)38-33(36)6-5-16-50-38)57-37(58)12-10-35(42(57)62)56-40(60)32-9-8-31(24-34(32)41(56)61)54-22-20-53(21-23-54)17-13-28-14-18-55(19-15-28)45-51-26-30(27-52-45)39(49)59/h5-9,11,16,24,26-28,35,43-44H,10,12-15,17-23H2,1-4H3,(H2,49,59). The lowest BCUT2D eigenvalue weighted by Gasteiger charge is -2.66. The monoisotopic (exact) mass is 852 g/mol. The second-order valence-corrected chi connectivity index (χ2v) is 18.7. The van der Waals surface area contributed by atoms with Crippen molar-refractivity contribution in [3.8, 4) is 11.8 Å². The van der Waals surface area contributed by atoms with Crippen molar-refractivity contribution in [1.29, 1.82) is 5.26 Å². The maximum absolute atomic E-state index is 14.5. The van der Waals surface area contributed by atoms with Crippen molar-refractivity contribution in [3.05, 3.63) is 83.3 Å². The third-order valence-electron chi connectivity index (χ3n) is 14.2. The zero-order valence-corrected chi connectivity index (χ0v) is 36.1. The maximum Gasteiger partial charge on any atom is 0.262 e. The first-order valence-electron chi connectivity index (χ1n) is 21.9. The highest BCUT2D eigenvalue weighted by atomic mass is 16.5. The number of benzene rings is 2. The normalized spacial score (nSPS) is 23.8. The molecule has 1 saturated carbocycles. The Morgan fingerprint density at radius 2 is 1.54 bits per heavy atom. The molecule has 6 heterocycles. The predicted molar refractivity (Wildman–Crippen MR) is 233 cm³/mol. The van der Waals surface area contributed by atoms with E-state index in [0.29, 0.717) is 39.6 Å². The number of anilines is 2. The van der Waals surface area contributed by atoms with Gasteiger partial charge in [-0.2, -0.15) is 5.26 Å². The molecule has 0 bridgehead atoms. The van der Waals surface area contributed by atoms with Crippen molar-refractivity contribution in [1.82, 2.24) is 29.7 Å². The summed E-state index contributed by atoms with van der Waals surface area (Å²) >= 11 is 0. The first-order chi connectivity index (χ1) is 30.2. The highest BCUT2D eigenvalue weighted by Gasteiger charge is 2.68. The molecule has 1 aliphatic carbocycles. The topological polar surface area (TPSA) is 199 Å². The third-order valence-corrected chi connectivity index (χ3v) is 14.2. The zero-order valence-electron chi connectivity index (χ0n) is 36.1. The Morgan fingerprint density at radius 1 is 0.841 bits per heavy atom. The molecule has 2 N–H and O–H groups in total. The van der Waals surface area contributed by atoms with Crippen LogP contribution >= 0.6 is 0 Å². The molecule has 5 aliphatic rings. The second-order valence-electron chi connectivity index (χ2n) is 18.7. The molecule has 2 aromatic heterocycles. The van der Waals surface area contributed by atoms with Crippen LogP contribution in [0.1, 0.15) is 96.4 Å². The van der Waals surface area contributed by atoms with E-state index >= 15 is 0 Å². The van der Waals surface area contributed by atoms with Crippen LogP contribution in [0.25, 0.3) is 10.9 Å². The van der Waals surface area contributed by atoms with Crippen LogP contribution in [0.2, 0.25) is 0 Å². The molecule has 5 amide bonds. The van der Waals surface area contributed by atoms with E-state index < -0.39 is 52.6 Å². The van der Waals surface area contributed by atoms with Gasteiger partial charge in [0.25, 0.3) is 23.6 Å². The van der Waals surface area contributed by atoms with Gasteiger partial charge in [-0.1, -0.05) is 27.7 Å². The van der Waals surface area contributed by atoms with Crippen molar-refractivity contribution in [2.45, 2.75) is 78.0 Å². The van der Waals surface area contributed by atoms with Crippen LogP contribution in [0.5, 0.6) is 5.75 Å². The second kappa shape index (κ2) is 16.0. The fourth-order valence-corrected chi connectivity index (χ4v) is 11.2. The quantitative estimate of drug-likeness (QED) is 0.220.